The third-order valence-corrected chi connectivity index (χ3v) is 5.90. The van der Waals surface area contributed by atoms with Gasteiger partial charge in [-0.25, -0.2) is 13.4 Å². The SMILES string of the molecule is O=S1(=O)CCC(Nc2ccnc(NCc3ccc4c(c3)OCO4)n2)C1. The Kier molecular flexibility index (Phi) is 4.08. The molecule has 1 aromatic carbocycles. The van der Waals surface area contributed by atoms with Gasteiger partial charge in [0.1, 0.15) is 5.82 Å². The molecule has 0 aliphatic carbocycles. The standard InChI is InChI=1S/C16H18N4O4S/c21-25(22)6-4-12(9-25)19-15-3-5-17-16(20-15)18-8-11-1-2-13-14(7-11)24-10-23-13/h1-3,5,7,12H,4,6,8-10H2,(H2,17,18,19,20). The fourth-order valence-electron chi connectivity index (χ4n) is 2.87. The van der Waals surface area contributed by atoms with Crippen molar-refractivity contribution >= 4 is 21.6 Å². The first kappa shape index (κ1) is 15.9. The number of ether oxygens (including phenoxy) is 2. The lowest BCUT2D eigenvalue weighted by Gasteiger charge is -2.12. The molecule has 25 heavy (non-hydrogen) atoms. The summed E-state index contributed by atoms with van der Waals surface area (Å²) in [5.74, 6) is 2.95. The van der Waals surface area contributed by atoms with Crippen LogP contribution in [0.2, 0.25) is 0 Å². The average Bonchev–Trinajstić information content (AvgIpc) is 3.18. The van der Waals surface area contributed by atoms with Crippen LogP contribution in [0.15, 0.2) is 30.5 Å². The van der Waals surface area contributed by atoms with Gasteiger partial charge in [0.05, 0.1) is 11.5 Å². The first-order valence-corrected chi connectivity index (χ1v) is 9.82. The van der Waals surface area contributed by atoms with E-state index in [9.17, 15) is 8.42 Å². The van der Waals surface area contributed by atoms with Gasteiger partial charge in [0, 0.05) is 18.8 Å². The van der Waals surface area contributed by atoms with Crippen LogP contribution in [0.3, 0.4) is 0 Å². The van der Waals surface area contributed by atoms with Crippen molar-refractivity contribution in [3.8, 4) is 11.5 Å². The van der Waals surface area contributed by atoms with Crippen molar-refractivity contribution in [3.05, 3.63) is 36.0 Å². The van der Waals surface area contributed by atoms with E-state index in [1.165, 1.54) is 0 Å². The van der Waals surface area contributed by atoms with Crippen LogP contribution in [0, 0.1) is 0 Å². The molecule has 1 aromatic heterocycles. The number of aromatic nitrogens is 2. The Labute approximate surface area is 145 Å². The van der Waals surface area contributed by atoms with Gasteiger partial charge in [-0.05, 0) is 30.2 Å². The van der Waals surface area contributed by atoms with Crippen LogP contribution in [-0.2, 0) is 16.4 Å². The van der Waals surface area contributed by atoms with Crippen molar-refractivity contribution in [1.29, 1.82) is 0 Å². The van der Waals surface area contributed by atoms with Crippen LogP contribution in [0.25, 0.3) is 0 Å². The lowest BCUT2D eigenvalue weighted by Crippen LogP contribution is -2.21. The first-order chi connectivity index (χ1) is 12.1. The van der Waals surface area contributed by atoms with Crippen LogP contribution < -0.4 is 20.1 Å². The van der Waals surface area contributed by atoms with Crippen molar-refractivity contribution < 1.29 is 17.9 Å². The zero-order chi connectivity index (χ0) is 17.3. The highest BCUT2D eigenvalue weighted by Crippen LogP contribution is 2.32. The van der Waals surface area contributed by atoms with E-state index in [0.717, 1.165) is 17.1 Å². The Morgan fingerprint density at radius 3 is 2.92 bits per heavy atom. The molecule has 0 saturated carbocycles. The molecule has 0 bridgehead atoms. The van der Waals surface area contributed by atoms with E-state index in [0.29, 0.717) is 24.7 Å². The second-order valence-corrected chi connectivity index (χ2v) is 8.28. The number of hydrogen-bond acceptors (Lipinski definition) is 8. The fourth-order valence-corrected chi connectivity index (χ4v) is 4.55. The van der Waals surface area contributed by atoms with Crippen molar-refractivity contribution in [2.45, 2.75) is 19.0 Å². The molecule has 8 nitrogen and oxygen atoms in total. The van der Waals surface area contributed by atoms with Crippen LogP contribution in [0.5, 0.6) is 11.5 Å². The fraction of sp³-hybridized carbons (Fsp3) is 0.375. The van der Waals surface area contributed by atoms with Crippen molar-refractivity contribution in [3.63, 3.8) is 0 Å². The summed E-state index contributed by atoms with van der Waals surface area (Å²) >= 11 is 0. The summed E-state index contributed by atoms with van der Waals surface area (Å²) in [6.45, 7) is 0.790. The molecule has 2 N–H and O–H groups in total. The zero-order valence-corrected chi connectivity index (χ0v) is 14.3. The molecule has 0 amide bonds. The van der Waals surface area contributed by atoms with Gasteiger partial charge in [-0.3, -0.25) is 0 Å². The highest BCUT2D eigenvalue weighted by atomic mass is 32.2. The van der Waals surface area contributed by atoms with Gasteiger partial charge in [0.15, 0.2) is 21.3 Å². The second-order valence-electron chi connectivity index (χ2n) is 6.05. The molecule has 1 unspecified atom stereocenters. The molecule has 4 rings (SSSR count). The molecular formula is C16H18N4O4S. The highest BCUT2D eigenvalue weighted by molar-refractivity contribution is 7.91. The molecule has 9 heteroatoms. The van der Waals surface area contributed by atoms with Crippen molar-refractivity contribution in [1.82, 2.24) is 9.97 Å². The van der Waals surface area contributed by atoms with E-state index in [2.05, 4.69) is 20.6 Å². The van der Waals surface area contributed by atoms with Gasteiger partial charge in [-0.2, -0.15) is 4.98 Å². The molecule has 3 heterocycles. The lowest BCUT2D eigenvalue weighted by atomic mass is 10.2. The number of nitrogens with one attached hydrogen (secondary N) is 2. The smallest absolute Gasteiger partial charge is 0.231 e. The topological polar surface area (TPSA) is 102 Å². The maximum absolute atomic E-state index is 11.5. The molecule has 1 fully saturated rings. The van der Waals surface area contributed by atoms with Crippen LogP contribution in [0.4, 0.5) is 11.8 Å². The summed E-state index contributed by atoms with van der Waals surface area (Å²) < 4.78 is 33.7. The Balaban J connectivity index is 1.38. The summed E-state index contributed by atoms with van der Waals surface area (Å²) in [7, 11) is -2.92. The quantitative estimate of drug-likeness (QED) is 0.823. The molecule has 1 saturated heterocycles. The zero-order valence-electron chi connectivity index (χ0n) is 13.4. The Hall–Kier alpha value is -2.55. The third-order valence-electron chi connectivity index (χ3n) is 4.13. The molecule has 1 atom stereocenters. The van der Waals surface area contributed by atoms with E-state index in [1.54, 1.807) is 12.3 Å². The average molecular weight is 362 g/mol. The number of nitrogens with zero attached hydrogens (tertiary/aromatic N) is 2. The minimum Gasteiger partial charge on any atom is -0.454 e. The molecule has 2 aliphatic rings. The number of rotatable bonds is 5. The lowest BCUT2D eigenvalue weighted by molar-refractivity contribution is 0.174. The number of fused-ring (bicyclic) bond motifs is 1. The Morgan fingerprint density at radius 1 is 1.20 bits per heavy atom. The van der Waals surface area contributed by atoms with Crippen LogP contribution in [0.1, 0.15) is 12.0 Å². The van der Waals surface area contributed by atoms with Crippen LogP contribution in [-0.4, -0.2) is 42.7 Å². The maximum Gasteiger partial charge on any atom is 0.231 e. The molecule has 2 aliphatic heterocycles. The summed E-state index contributed by atoms with van der Waals surface area (Å²) in [6, 6.07) is 7.38. The summed E-state index contributed by atoms with van der Waals surface area (Å²) in [5, 5.41) is 6.32. The summed E-state index contributed by atoms with van der Waals surface area (Å²) in [4.78, 5) is 8.58. The maximum atomic E-state index is 11.5. The molecule has 0 radical (unpaired) electrons. The summed E-state index contributed by atoms with van der Waals surface area (Å²) in [6.07, 6.45) is 2.24. The Morgan fingerprint density at radius 2 is 2.08 bits per heavy atom. The van der Waals surface area contributed by atoms with Gasteiger partial charge >= 0.3 is 0 Å². The first-order valence-electron chi connectivity index (χ1n) is 8.00. The predicted molar refractivity (Wildman–Crippen MR) is 92.6 cm³/mol. The number of benzene rings is 1. The molecule has 2 aromatic rings. The van der Waals surface area contributed by atoms with Gasteiger partial charge in [-0.15, -0.1) is 0 Å². The van der Waals surface area contributed by atoms with E-state index < -0.39 is 9.84 Å². The van der Waals surface area contributed by atoms with Crippen LogP contribution >= 0.6 is 0 Å². The number of hydrogen-bond donors (Lipinski definition) is 2. The predicted octanol–water partition coefficient (Wildman–Crippen LogP) is 1.42. The molecular weight excluding hydrogens is 344 g/mol. The van der Waals surface area contributed by atoms with E-state index in [-0.39, 0.29) is 24.3 Å². The normalized spacial score (nSPS) is 20.4. The van der Waals surface area contributed by atoms with Gasteiger partial charge < -0.3 is 20.1 Å². The molecule has 132 valence electrons. The van der Waals surface area contributed by atoms with Crippen molar-refractivity contribution in [2.75, 3.05) is 28.9 Å². The summed E-state index contributed by atoms with van der Waals surface area (Å²) in [5.41, 5.74) is 1.02. The third kappa shape index (κ3) is 3.76. The van der Waals surface area contributed by atoms with E-state index in [4.69, 9.17) is 9.47 Å². The largest absolute Gasteiger partial charge is 0.454 e. The number of anilines is 2. The van der Waals surface area contributed by atoms with Gasteiger partial charge in [-0.1, -0.05) is 6.07 Å². The minimum atomic E-state index is -2.92. The Bertz CT molecular complexity index is 887. The minimum absolute atomic E-state index is 0.0957. The number of sulfone groups is 1. The van der Waals surface area contributed by atoms with Gasteiger partial charge in [0.25, 0.3) is 0 Å². The van der Waals surface area contributed by atoms with E-state index in [1.807, 2.05) is 18.2 Å². The monoisotopic (exact) mass is 362 g/mol. The molecule has 0 spiro atoms. The second kappa shape index (κ2) is 6.40. The van der Waals surface area contributed by atoms with Gasteiger partial charge in [0.2, 0.25) is 12.7 Å². The van der Waals surface area contributed by atoms with Crippen molar-refractivity contribution in [2.24, 2.45) is 0 Å². The highest BCUT2D eigenvalue weighted by Gasteiger charge is 2.27. The van der Waals surface area contributed by atoms with E-state index >= 15 is 0 Å².